The number of hydrogen-bond acceptors (Lipinski definition) is 8. The number of amides is 1. The highest BCUT2D eigenvalue weighted by molar-refractivity contribution is 7.99. The molecule has 1 aromatic heterocycles. The minimum atomic E-state index is -3.74. The Kier molecular flexibility index (Phi) is 7.13. The van der Waals surface area contributed by atoms with Crippen molar-refractivity contribution in [1.82, 2.24) is 10.2 Å². The molecule has 1 amide bonds. The molecule has 0 aliphatic heterocycles. The van der Waals surface area contributed by atoms with Crippen molar-refractivity contribution in [3.8, 4) is 11.5 Å². The first-order valence-corrected chi connectivity index (χ1v) is 11.6. The lowest BCUT2D eigenvalue weighted by Gasteiger charge is -2.10. The summed E-state index contributed by atoms with van der Waals surface area (Å²) < 4.78 is 35.6. The van der Waals surface area contributed by atoms with Gasteiger partial charge in [0.1, 0.15) is 5.03 Å². The highest BCUT2D eigenvalue weighted by Crippen LogP contribution is 2.30. The van der Waals surface area contributed by atoms with Crippen LogP contribution in [0, 0.1) is 6.92 Å². The van der Waals surface area contributed by atoms with Gasteiger partial charge in [-0.1, -0.05) is 29.5 Å². The number of nitrogens with one attached hydrogen (secondary N) is 1. The van der Waals surface area contributed by atoms with E-state index >= 15 is 0 Å². The molecule has 0 radical (unpaired) electrons. The Balaban J connectivity index is 1.61. The minimum absolute atomic E-state index is 0.0765. The number of rotatable bonds is 8. The van der Waals surface area contributed by atoms with Gasteiger partial charge < -0.3 is 14.8 Å². The maximum Gasteiger partial charge on any atom is 0.234 e. The van der Waals surface area contributed by atoms with E-state index in [0.717, 1.165) is 17.3 Å². The summed E-state index contributed by atoms with van der Waals surface area (Å²) in [6.45, 7) is 1.88. The third-order valence-electron chi connectivity index (χ3n) is 4.24. The number of aryl methyl sites for hydroxylation is 1. The van der Waals surface area contributed by atoms with Gasteiger partial charge in [0.25, 0.3) is 0 Å². The Morgan fingerprint density at radius 2 is 1.68 bits per heavy atom. The number of thioether (sulfide) groups is 1. The van der Waals surface area contributed by atoms with Crippen LogP contribution in [0.1, 0.15) is 5.56 Å². The van der Waals surface area contributed by atoms with Gasteiger partial charge in [-0.2, -0.15) is 0 Å². The number of benzene rings is 2. The Hall–Kier alpha value is -3.11. The molecule has 0 aliphatic carbocycles. The first-order valence-electron chi connectivity index (χ1n) is 9.13. The lowest BCUT2D eigenvalue weighted by molar-refractivity contribution is -0.113. The maximum atomic E-state index is 12.6. The number of hydrogen-bond donors (Lipinski definition) is 1. The average molecular weight is 460 g/mol. The molecule has 2 aromatic carbocycles. The fourth-order valence-corrected chi connectivity index (χ4v) is 4.36. The summed E-state index contributed by atoms with van der Waals surface area (Å²) in [5, 5.41) is 10.8. The Labute approximate surface area is 184 Å². The molecule has 3 aromatic rings. The summed E-state index contributed by atoms with van der Waals surface area (Å²) in [5.41, 5.74) is 1.53. The molecule has 3 rings (SSSR count). The molecule has 1 N–H and O–H groups in total. The van der Waals surface area contributed by atoms with Crippen molar-refractivity contribution < 1.29 is 22.7 Å². The van der Waals surface area contributed by atoms with Crippen LogP contribution in [0.25, 0.3) is 0 Å². The highest BCUT2D eigenvalue weighted by atomic mass is 32.2. The number of nitrogens with zero attached hydrogens (tertiary/aromatic N) is 2. The van der Waals surface area contributed by atoms with E-state index in [1.165, 1.54) is 38.5 Å². The van der Waals surface area contributed by atoms with Crippen molar-refractivity contribution in [3.05, 3.63) is 60.2 Å². The van der Waals surface area contributed by atoms with E-state index in [9.17, 15) is 13.2 Å². The third kappa shape index (κ3) is 5.53. The van der Waals surface area contributed by atoms with E-state index in [2.05, 4.69) is 15.5 Å². The largest absolute Gasteiger partial charge is 0.493 e. The van der Waals surface area contributed by atoms with Crippen LogP contribution in [0.4, 0.5) is 5.69 Å². The lowest BCUT2D eigenvalue weighted by atomic mass is 10.2. The Bertz CT molecular complexity index is 1160. The van der Waals surface area contributed by atoms with Crippen LogP contribution < -0.4 is 14.8 Å². The summed E-state index contributed by atoms with van der Waals surface area (Å²) in [5.74, 6) is 0.887. The fourth-order valence-electron chi connectivity index (χ4n) is 2.62. The second kappa shape index (κ2) is 9.80. The van der Waals surface area contributed by atoms with Crippen molar-refractivity contribution in [2.45, 2.75) is 21.9 Å². The predicted octanol–water partition coefficient (Wildman–Crippen LogP) is 3.37. The molecular formula is C21H21N3O5S2. The number of ether oxygens (including phenoxy) is 2. The van der Waals surface area contributed by atoms with Crippen LogP contribution in [0.3, 0.4) is 0 Å². The van der Waals surface area contributed by atoms with E-state index in [1.807, 2.05) is 6.92 Å². The van der Waals surface area contributed by atoms with Gasteiger partial charge in [-0.3, -0.25) is 4.79 Å². The molecule has 0 saturated carbocycles. The molecule has 0 spiro atoms. The van der Waals surface area contributed by atoms with Crippen LogP contribution in [0.5, 0.6) is 11.5 Å². The highest BCUT2D eigenvalue weighted by Gasteiger charge is 2.20. The third-order valence-corrected chi connectivity index (χ3v) is 6.82. The molecule has 0 atom stereocenters. The molecule has 162 valence electrons. The van der Waals surface area contributed by atoms with Crippen LogP contribution in [0.2, 0.25) is 0 Å². The summed E-state index contributed by atoms with van der Waals surface area (Å²) in [6, 6.07) is 14.5. The summed E-state index contributed by atoms with van der Waals surface area (Å²) in [7, 11) is -0.694. The molecule has 0 aliphatic rings. The zero-order chi connectivity index (χ0) is 22.4. The molecule has 10 heteroatoms. The van der Waals surface area contributed by atoms with Crippen LogP contribution in [-0.2, 0) is 14.6 Å². The summed E-state index contributed by atoms with van der Waals surface area (Å²) >= 11 is 1.15. The molecule has 0 bridgehead atoms. The van der Waals surface area contributed by atoms with E-state index < -0.39 is 9.84 Å². The van der Waals surface area contributed by atoms with Gasteiger partial charge in [0.2, 0.25) is 15.7 Å². The first kappa shape index (κ1) is 22.6. The van der Waals surface area contributed by atoms with Crippen LogP contribution >= 0.6 is 11.8 Å². The molecule has 1 heterocycles. The molecule has 0 saturated heterocycles. The van der Waals surface area contributed by atoms with Crippen LogP contribution in [-0.4, -0.2) is 44.5 Å². The Morgan fingerprint density at radius 3 is 2.29 bits per heavy atom. The number of aromatic nitrogens is 2. The molecule has 31 heavy (non-hydrogen) atoms. The van der Waals surface area contributed by atoms with E-state index in [1.54, 1.807) is 30.3 Å². The van der Waals surface area contributed by atoms with Gasteiger partial charge in [0.15, 0.2) is 16.5 Å². The van der Waals surface area contributed by atoms with Gasteiger partial charge in [-0.25, -0.2) is 8.42 Å². The van der Waals surface area contributed by atoms with Gasteiger partial charge >= 0.3 is 0 Å². The fraction of sp³-hybridized carbons (Fsp3) is 0.190. The molecule has 0 fully saturated rings. The first-order chi connectivity index (χ1) is 14.8. The zero-order valence-electron chi connectivity index (χ0n) is 17.2. The van der Waals surface area contributed by atoms with Gasteiger partial charge in [-0.05, 0) is 43.3 Å². The summed E-state index contributed by atoms with van der Waals surface area (Å²) in [4.78, 5) is 12.4. The lowest BCUT2D eigenvalue weighted by Crippen LogP contribution is -2.14. The van der Waals surface area contributed by atoms with E-state index in [0.29, 0.717) is 22.2 Å². The van der Waals surface area contributed by atoms with Crippen molar-refractivity contribution in [2.24, 2.45) is 0 Å². The van der Waals surface area contributed by atoms with Crippen molar-refractivity contribution >= 4 is 33.2 Å². The van der Waals surface area contributed by atoms with Crippen molar-refractivity contribution in [3.63, 3.8) is 0 Å². The maximum absolute atomic E-state index is 12.6. The van der Waals surface area contributed by atoms with E-state index in [-0.39, 0.29) is 21.6 Å². The minimum Gasteiger partial charge on any atom is -0.493 e. The van der Waals surface area contributed by atoms with Gasteiger partial charge in [-0.15, -0.1) is 10.2 Å². The number of anilines is 1. The zero-order valence-corrected chi connectivity index (χ0v) is 18.8. The monoisotopic (exact) mass is 459 g/mol. The summed E-state index contributed by atoms with van der Waals surface area (Å²) in [6.07, 6.45) is 0. The topological polar surface area (TPSA) is 107 Å². The normalized spacial score (nSPS) is 11.1. The smallest absolute Gasteiger partial charge is 0.234 e. The molecule has 8 nitrogen and oxygen atoms in total. The quantitative estimate of drug-likeness (QED) is 0.511. The van der Waals surface area contributed by atoms with Crippen LogP contribution in [0.15, 0.2) is 69.5 Å². The number of sulfone groups is 1. The molecular weight excluding hydrogens is 438 g/mol. The number of carbonyl (C=O) groups excluding carboxylic acids is 1. The Morgan fingerprint density at radius 1 is 0.968 bits per heavy atom. The second-order valence-corrected chi connectivity index (χ2v) is 9.33. The van der Waals surface area contributed by atoms with Crippen molar-refractivity contribution in [1.29, 1.82) is 0 Å². The SMILES string of the molecule is COc1ccc(NC(=O)CSc2ccc(S(=O)(=O)c3ccc(C)cc3)nn2)cc1OC. The number of methoxy groups -OCH3 is 2. The van der Waals surface area contributed by atoms with Gasteiger partial charge in [0, 0.05) is 11.8 Å². The second-order valence-electron chi connectivity index (χ2n) is 6.43. The standard InChI is InChI=1S/C21H21N3O5S2/c1-14-4-7-16(8-5-14)31(26,27)21-11-10-20(23-24-21)30-13-19(25)22-15-6-9-17(28-2)18(12-15)29-3/h4-12H,13H2,1-3H3,(H,22,25). The van der Waals surface area contributed by atoms with Crippen molar-refractivity contribution in [2.75, 3.05) is 25.3 Å². The predicted molar refractivity (Wildman–Crippen MR) is 118 cm³/mol. The molecule has 0 unspecified atom stereocenters. The average Bonchev–Trinajstić information content (AvgIpc) is 2.78. The van der Waals surface area contributed by atoms with E-state index in [4.69, 9.17) is 9.47 Å². The van der Waals surface area contributed by atoms with Gasteiger partial charge in [0.05, 0.1) is 24.9 Å². The number of carbonyl (C=O) groups is 1.